The number of halogens is 3. The Morgan fingerprint density at radius 3 is 2.52 bits per heavy atom. The molecular weight excluding hydrogens is 443 g/mol. The van der Waals surface area contributed by atoms with Crippen LogP contribution in [0.3, 0.4) is 0 Å². The normalized spacial score (nSPS) is 15.9. The fraction of sp³-hybridized carbons (Fsp3) is 0.136. The highest BCUT2D eigenvalue weighted by Crippen LogP contribution is 2.39. The number of carbonyl (C=O) groups is 1. The van der Waals surface area contributed by atoms with Crippen molar-refractivity contribution in [3.8, 4) is 5.69 Å². The van der Waals surface area contributed by atoms with E-state index in [2.05, 4.69) is 4.98 Å². The predicted octanol–water partition coefficient (Wildman–Crippen LogP) is 5.91. The average Bonchev–Trinajstić information content (AvgIpc) is 3.16. The molecule has 0 spiro atoms. The van der Waals surface area contributed by atoms with Crippen molar-refractivity contribution < 1.29 is 18.0 Å². The van der Waals surface area contributed by atoms with Gasteiger partial charge in [-0.3, -0.25) is 14.7 Å². The molecule has 2 aromatic heterocycles. The molecule has 4 nitrogen and oxygen atoms in total. The van der Waals surface area contributed by atoms with Crippen LogP contribution in [0.1, 0.15) is 22.5 Å². The Hall–Kier alpha value is -2.91. The molecule has 0 saturated carbocycles. The van der Waals surface area contributed by atoms with E-state index >= 15 is 0 Å². The van der Waals surface area contributed by atoms with Crippen molar-refractivity contribution in [2.45, 2.75) is 20.0 Å². The second kappa shape index (κ2) is 7.97. The van der Waals surface area contributed by atoms with E-state index in [0.29, 0.717) is 4.91 Å². The maximum Gasteiger partial charge on any atom is 0.416 e. The molecule has 9 heteroatoms. The van der Waals surface area contributed by atoms with Gasteiger partial charge < -0.3 is 4.57 Å². The Morgan fingerprint density at radius 2 is 1.84 bits per heavy atom. The Labute approximate surface area is 186 Å². The molecule has 1 aromatic carbocycles. The summed E-state index contributed by atoms with van der Waals surface area (Å²) in [6, 6.07) is 10.3. The number of thioether (sulfide) groups is 1. The van der Waals surface area contributed by atoms with E-state index in [-0.39, 0.29) is 10.0 Å². The van der Waals surface area contributed by atoms with Gasteiger partial charge in [-0.25, -0.2) is 0 Å². The number of hydrogen-bond donors (Lipinski definition) is 0. The number of nitrogens with zero attached hydrogens (tertiary/aromatic N) is 3. The van der Waals surface area contributed by atoms with Crippen LogP contribution >= 0.6 is 24.0 Å². The van der Waals surface area contributed by atoms with Crippen LogP contribution in [0.5, 0.6) is 0 Å². The van der Waals surface area contributed by atoms with E-state index in [9.17, 15) is 18.0 Å². The summed E-state index contributed by atoms with van der Waals surface area (Å²) in [6.07, 6.45) is 0.659. The molecule has 0 radical (unpaired) electrons. The van der Waals surface area contributed by atoms with E-state index in [1.807, 2.05) is 36.6 Å². The van der Waals surface area contributed by atoms with Gasteiger partial charge in [0.05, 0.1) is 28.0 Å². The number of benzene rings is 1. The van der Waals surface area contributed by atoms with E-state index in [0.717, 1.165) is 51.4 Å². The fourth-order valence-electron chi connectivity index (χ4n) is 3.47. The van der Waals surface area contributed by atoms with Crippen molar-refractivity contribution in [3.05, 3.63) is 82.3 Å². The molecule has 3 heterocycles. The first-order valence-corrected chi connectivity index (χ1v) is 10.4. The summed E-state index contributed by atoms with van der Waals surface area (Å²) in [5.41, 5.74) is 2.86. The topological polar surface area (TPSA) is 38.1 Å². The summed E-state index contributed by atoms with van der Waals surface area (Å²) in [4.78, 5) is 18.6. The monoisotopic (exact) mass is 459 g/mol. The number of rotatable bonds is 3. The lowest BCUT2D eigenvalue weighted by molar-refractivity contribution is -0.137. The summed E-state index contributed by atoms with van der Waals surface area (Å²) >= 11 is 6.37. The highest BCUT2D eigenvalue weighted by Gasteiger charge is 2.36. The number of amides is 1. The molecule has 3 aromatic rings. The van der Waals surface area contributed by atoms with Gasteiger partial charge in [-0.1, -0.05) is 30.0 Å². The molecule has 1 aliphatic heterocycles. The Bertz CT molecular complexity index is 1220. The van der Waals surface area contributed by atoms with Gasteiger partial charge in [-0.2, -0.15) is 13.2 Å². The minimum absolute atomic E-state index is 0.0987. The SMILES string of the molecule is Cc1cc(/C=C2\SC(=S)N(c3cccc(C(F)(F)F)c3)C2=O)c(C)n1-c1cccnc1. The number of anilines is 1. The quantitative estimate of drug-likeness (QED) is 0.360. The number of carbonyl (C=O) groups excluding carboxylic acids is 1. The number of aryl methyl sites for hydroxylation is 1. The van der Waals surface area contributed by atoms with Crippen molar-refractivity contribution in [1.29, 1.82) is 0 Å². The van der Waals surface area contributed by atoms with E-state index < -0.39 is 17.6 Å². The lowest BCUT2D eigenvalue weighted by Crippen LogP contribution is -2.27. The molecule has 0 N–H and O–H groups in total. The van der Waals surface area contributed by atoms with Gasteiger partial charge in [0.1, 0.15) is 0 Å². The highest BCUT2D eigenvalue weighted by atomic mass is 32.2. The summed E-state index contributed by atoms with van der Waals surface area (Å²) in [6.45, 7) is 3.88. The van der Waals surface area contributed by atoms with E-state index in [1.54, 1.807) is 18.5 Å². The molecule has 1 aliphatic rings. The first-order valence-electron chi connectivity index (χ1n) is 9.21. The molecule has 158 valence electrons. The van der Waals surface area contributed by atoms with Crippen LogP contribution in [0.25, 0.3) is 11.8 Å². The zero-order valence-corrected chi connectivity index (χ0v) is 18.1. The van der Waals surface area contributed by atoms with Gasteiger partial charge in [0, 0.05) is 17.6 Å². The Balaban J connectivity index is 1.69. The first kappa shape index (κ1) is 21.3. The molecule has 1 saturated heterocycles. The number of thiocarbonyl (C=S) groups is 1. The maximum atomic E-state index is 13.1. The van der Waals surface area contributed by atoms with E-state index in [4.69, 9.17) is 12.2 Å². The number of pyridine rings is 1. The molecule has 0 bridgehead atoms. The van der Waals surface area contributed by atoms with Gasteiger partial charge in [-0.05, 0) is 61.9 Å². The lowest BCUT2D eigenvalue weighted by atomic mass is 10.1. The molecule has 31 heavy (non-hydrogen) atoms. The molecule has 0 aliphatic carbocycles. The number of alkyl halides is 3. The standard InChI is InChI=1S/C22H16F3N3OS2/c1-13-9-15(14(2)27(13)18-7-4-8-26-12-18)10-19-20(29)28(21(30)31-19)17-6-3-5-16(11-17)22(23,24)25/h3-12H,1-2H3/b19-10-. The fourth-order valence-corrected chi connectivity index (χ4v) is 4.76. The van der Waals surface area contributed by atoms with Crippen molar-refractivity contribution in [2.75, 3.05) is 4.90 Å². The zero-order valence-electron chi connectivity index (χ0n) is 16.5. The van der Waals surface area contributed by atoms with Crippen LogP contribution < -0.4 is 4.90 Å². The Morgan fingerprint density at radius 1 is 1.10 bits per heavy atom. The lowest BCUT2D eigenvalue weighted by Gasteiger charge is -2.16. The third kappa shape index (κ3) is 4.03. The third-order valence-electron chi connectivity index (χ3n) is 4.89. The van der Waals surface area contributed by atoms with Crippen molar-refractivity contribution in [2.24, 2.45) is 0 Å². The Kier molecular flexibility index (Phi) is 5.49. The van der Waals surface area contributed by atoms with Gasteiger partial charge in [0.15, 0.2) is 4.32 Å². The van der Waals surface area contributed by atoms with Gasteiger partial charge in [-0.15, -0.1) is 0 Å². The molecule has 4 rings (SSSR count). The smallest absolute Gasteiger partial charge is 0.316 e. The number of aromatic nitrogens is 2. The van der Waals surface area contributed by atoms with E-state index in [1.165, 1.54) is 12.1 Å². The first-order chi connectivity index (χ1) is 14.7. The summed E-state index contributed by atoms with van der Waals surface area (Å²) in [5.74, 6) is -0.444. The van der Waals surface area contributed by atoms with Crippen molar-refractivity contribution in [1.82, 2.24) is 9.55 Å². The largest absolute Gasteiger partial charge is 0.416 e. The number of hydrogen-bond acceptors (Lipinski definition) is 4. The van der Waals surface area contributed by atoms with Crippen molar-refractivity contribution in [3.63, 3.8) is 0 Å². The second-order valence-corrected chi connectivity index (χ2v) is 8.61. The maximum absolute atomic E-state index is 13.1. The van der Waals surface area contributed by atoms with Gasteiger partial charge in [0.25, 0.3) is 5.91 Å². The molecule has 1 amide bonds. The van der Waals surface area contributed by atoms with Gasteiger partial charge in [0.2, 0.25) is 0 Å². The van der Waals surface area contributed by atoms with Gasteiger partial charge >= 0.3 is 6.18 Å². The molecular formula is C22H16F3N3OS2. The van der Waals surface area contributed by atoms with Crippen LogP contribution in [0.15, 0.2) is 59.8 Å². The van der Waals surface area contributed by atoms with Crippen LogP contribution in [0.2, 0.25) is 0 Å². The average molecular weight is 460 g/mol. The molecule has 1 fully saturated rings. The molecule has 0 unspecified atom stereocenters. The summed E-state index contributed by atoms with van der Waals surface area (Å²) in [5, 5.41) is 0. The third-order valence-corrected chi connectivity index (χ3v) is 6.19. The summed E-state index contributed by atoms with van der Waals surface area (Å²) in [7, 11) is 0. The van der Waals surface area contributed by atoms with Crippen LogP contribution in [-0.2, 0) is 11.0 Å². The molecule has 0 atom stereocenters. The minimum atomic E-state index is -4.50. The van der Waals surface area contributed by atoms with Crippen LogP contribution in [0, 0.1) is 13.8 Å². The predicted molar refractivity (Wildman–Crippen MR) is 120 cm³/mol. The summed E-state index contributed by atoms with van der Waals surface area (Å²) < 4.78 is 41.4. The van der Waals surface area contributed by atoms with Crippen LogP contribution in [-0.4, -0.2) is 19.8 Å². The zero-order chi connectivity index (χ0) is 22.3. The second-order valence-electron chi connectivity index (χ2n) is 6.94. The van der Waals surface area contributed by atoms with Crippen LogP contribution in [0.4, 0.5) is 18.9 Å². The van der Waals surface area contributed by atoms with Crippen molar-refractivity contribution >= 4 is 46.0 Å². The highest BCUT2D eigenvalue weighted by molar-refractivity contribution is 8.27. The minimum Gasteiger partial charge on any atom is -0.316 e.